The van der Waals surface area contributed by atoms with Gasteiger partial charge in [-0.1, -0.05) is 18.2 Å². The van der Waals surface area contributed by atoms with E-state index >= 15 is 0 Å². The Morgan fingerprint density at radius 3 is 2.57 bits per heavy atom. The van der Waals surface area contributed by atoms with Crippen molar-refractivity contribution >= 4 is 15.9 Å². The van der Waals surface area contributed by atoms with E-state index in [-0.39, 0.29) is 36.7 Å². The highest BCUT2D eigenvalue weighted by molar-refractivity contribution is 7.89. The Morgan fingerprint density at radius 1 is 1.30 bits per heavy atom. The molecular formula is C14H17F3N2O3S. The van der Waals surface area contributed by atoms with Gasteiger partial charge in [-0.25, -0.2) is 13.1 Å². The van der Waals surface area contributed by atoms with E-state index in [0.717, 1.165) is 6.07 Å². The Labute approximate surface area is 132 Å². The zero-order valence-electron chi connectivity index (χ0n) is 12.4. The summed E-state index contributed by atoms with van der Waals surface area (Å²) in [6.45, 7) is 1.33. The van der Waals surface area contributed by atoms with Gasteiger partial charge in [0.15, 0.2) is 0 Å². The second kappa shape index (κ2) is 6.48. The number of amides is 1. The molecule has 1 unspecified atom stereocenters. The Kier molecular flexibility index (Phi) is 5.00. The van der Waals surface area contributed by atoms with Crippen molar-refractivity contribution in [3.63, 3.8) is 0 Å². The van der Waals surface area contributed by atoms with E-state index in [1.807, 2.05) is 0 Å². The molecule has 0 radical (unpaired) electrons. The molecule has 1 fully saturated rings. The number of hydrogen-bond acceptors (Lipinski definition) is 3. The fourth-order valence-electron chi connectivity index (χ4n) is 2.48. The third-order valence-electron chi connectivity index (χ3n) is 3.62. The number of benzene rings is 1. The van der Waals surface area contributed by atoms with E-state index < -0.39 is 27.8 Å². The summed E-state index contributed by atoms with van der Waals surface area (Å²) in [5.41, 5.74) is -0.794. The Hall–Kier alpha value is -1.61. The molecule has 1 aromatic carbocycles. The van der Waals surface area contributed by atoms with Crippen molar-refractivity contribution < 1.29 is 26.4 Å². The maximum absolute atomic E-state index is 13.0. The number of carbonyl (C=O) groups excluding carboxylic acids is 1. The molecular weight excluding hydrogens is 333 g/mol. The molecule has 2 rings (SSSR count). The van der Waals surface area contributed by atoms with Gasteiger partial charge in [0.25, 0.3) is 0 Å². The number of halogens is 3. The lowest BCUT2D eigenvalue weighted by Crippen LogP contribution is -2.37. The number of likely N-dealkylation sites (tertiary alicyclic amines) is 1. The van der Waals surface area contributed by atoms with E-state index in [1.54, 1.807) is 0 Å². The average Bonchev–Trinajstić information content (AvgIpc) is 2.77. The zero-order chi connectivity index (χ0) is 17.3. The highest BCUT2D eigenvalue weighted by Crippen LogP contribution is 2.32. The topological polar surface area (TPSA) is 66.5 Å². The Morgan fingerprint density at radius 2 is 1.96 bits per heavy atom. The van der Waals surface area contributed by atoms with Gasteiger partial charge in [0.2, 0.25) is 15.9 Å². The summed E-state index contributed by atoms with van der Waals surface area (Å²) in [4.78, 5) is 13.2. The van der Waals surface area contributed by atoms with Crippen molar-refractivity contribution in [3.8, 4) is 0 Å². The molecule has 1 heterocycles. The van der Waals surface area contributed by atoms with Crippen LogP contribution in [0.4, 0.5) is 13.2 Å². The molecule has 1 N–H and O–H groups in total. The maximum atomic E-state index is 13.0. The minimum absolute atomic E-state index is 0.00708. The second-order valence-electron chi connectivity index (χ2n) is 5.35. The van der Waals surface area contributed by atoms with Crippen LogP contribution in [0.2, 0.25) is 0 Å². The average molecular weight is 350 g/mol. The van der Waals surface area contributed by atoms with Crippen LogP contribution in [0.3, 0.4) is 0 Å². The first-order chi connectivity index (χ1) is 10.6. The second-order valence-corrected chi connectivity index (χ2v) is 7.39. The first-order valence-corrected chi connectivity index (χ1v) is 8.70. The van der Waals surface area contributed by atoms with Crippen LogP contribution in [-0.4, -0.2) is 37.6 Å². The molecule has 0 aromatic heterocycles. The van der Waals surface area contributed by atoms with Gasteiger partial charge >= 0.3 is 6.18 Å². The van der Waals surface area contributed by atoms with Crippen LogP contribution in [0.25, 0.3) is 0 Å². The summed E-state index contributed by atoms with van der Waals surface area (Å²) in [5.74, 6) is -0.486. The lowest BCUT2D eigenvalue weighted by Gasteiger charge is -2.20. The number of nitrogens with zero attached hydrogens (tertiary/aromatic N) is 1. The minimum atomic E-state index is -4.50. The quantitative estimate of drug-likeness (QED) is 0.880. The summed E-state index contributed by atoms with van der Waals surface area (Å²) in [6.07, 6.45) is -4.55. The first kappa shape index (κ1) is 17.7. The molecule has 23 heavy (non-hydrogen) atoms. The highest BCUT2D eigenvalue weighted by atomic mass is 32.2. The summed E-state index contributed by atoms with van der Waals surface area (Å²) >= 11 is 0. The van der Waals surface area contributed by atoms with Crippen molar-refractivity contribution in [3.05, 3.63) is 35.4 Å². The summed E-state index contributed by atoms with van der Waals surface area (Å²) in [6, 6.07) is 4.44. The van der Waals surface area contributed by atoms with Crippen molar-refractivity contribution in [2.24, 2.45) is 0 Å². The molecule has 0 saturated carbocycles. The van der Waals surface area contributed by atoms with Gasteiger partial charge < -0.3 is 4.90 Å². The predicted molar refractivity (Wildman–Crippen MR) is 77.9 cm³/mol. The molecule has 1 atom stereocenters. The monoisotopic (exact) mass is 350 g/mol. The molecule has 0 bridgehead atoms. The molecule has 1 aliphatic rings. The molecule has 128 valence electrons. The fraction of sp³-hybridized carbons (Fsp3) is 0.500. The Balaban J connectivity index is 2.12. The van der Waals surface area contributed by atoms with Gasteiger partial charge in [-0.2, -0.15) is 13.2 Å². The normalized spacial score (nSPS) is 19.4. The molecule has 1 aliphatic heterocycles. The van der Waals surface area contributed by atoms with Gasteiger partial charge in [-0.15, -0.1) is 0 Å². The van der Waals surface area contributed by atoms with Crippen LogP contribution >= 0.6 is 0 Å². The van der Waals surface area contributed by atoms with Crippen LogP contribution in [0.1, 0.15) is 24.5 Å². The van der Waals surface area contributed by atoms with Crippen LogP contribution in [0, 0.1) is 0 Å². The van der Waals surface area contributed by atoms with Gasteiger partial charge in [-0.3, -0.25) is 4.79 Å². The van der Waals surface area contributed by atoms with Gasteiger partial charge in [-0.05, 0) is 18.6 Å². The smallest absolute Gasteiger partial charge is 0.337 e. The molecule has 1 aromatic rings. The third kappa shape index (κ3) is 4.44. The van der Waals surface area contributed by atoms with Crippen LogP contribution in [0.15, 0.2) is 24.3 Å². The van der Waals surface area contributed by atoms with Crippen LogP contribution < -0.4 is 4.72 Å². The van der Waals surface area contributed by atoms with E-state index in [1.165, 1.54) is 30.0 Å². The molecule has 1 saturated heterocycles. The largest absolute Gasteiger partial charge is 0.416 e. The van der Waals surface area contributed by atoms with E-state index in [9.17, 15) is 26.4 Å². The Bertz CT molecular complexity index is 689. The maximum Gasteiger partial charge on any atom is 0.416 e. The van der Waals surface area contributed by atoms with Crippen molar-refractivity contribution in [1.82, 2.24) is 9.62 Å². The molecule has 5 nitrogen and oxygen atoms in total. The molecule has 0 aliphatic carbocycles. The van der Waals surface area contributed by atoms with Crippen molar-refractivity contribution in [1.29, 1.82) is 0 Å². The van der Waals surface area contributed by atoms with Crippen molar-refractivity contribution in [2.45, 2.75) is 32.1 Å². The minimum Gasteiger partial charge on any atom is -0.337 e. The number of sulfonamides is 1. The SMILES string of the molecule is CCS(=O)(=O)NC1CC(=O)N(Cc2ccccc2C(F)(F)F)C1. The predicted octanol–water partition coefficient (Wildman–Crippen LogP) is 1.75. The van der Waals surface area contributed by atoms with Gasteiger partial charge in [0.1, 0.15) is 0 Å². The summed E-state index contributed by atoms with van der Waals surface area (Å²) in [7, 11) is -3.46. The van der Waals surface area contributed by atoms with Crippen LogP contribution in [0.5, 0.6) is 0 Å². The van der Waals surface area contributed by atoms with Crippen LogP contribution in [-0.2, 0) is 27.5 Å². The van der Waals surface area contributed by atoms with E-state index in [2.05, 4.69) is 4.72 Å². The number of carbonyl (C=O) groups is 1. The van der Waals surface area contributed by atoms with E-state index in [0.29, 0.717) is 0 Å². The standard InChI is InChI=1S/C14H17F3N2O3S/c1-2-23(21,22)18-11-7-13(20)19(9-11)8-10-5-3-4-6-12(10)14(15,16)17/h3-6,11,18H,2,7-9H2,1H3. The van der Waals surface area contributed by atoms with Gasteiger partial charge in [0.05, 0.1) is 11.3 Å². The number of nitrogens with one attached hydrogen (secondary N) is 1. The summed E-state index contributed by atoms with van der Waals surface area (Å²) in [5, 5.41) is 0. The first-order valence-electron chi connectivity index (χ1n) is 7.05. The third-order valence-corrected chi connectivity index (χ3v) is 5.08. The lowest BCUT2D eigenvalue weighted by atomic mass is 10.1. The van der Waals surface area contributed by atoms with Gasteiger partial charge in [0, 0.05) is 25.6 Å². The number of alkyl halides is 3. The zero-order valence-corrected chi connectivity index (χ0v) is 13.2. The van der Waals surface area contributed by atoms with E-state index in [4.69, 9.17) is 0 Å². The molecule has 9 heteroatoms. The number of hydrogen-bond donors (Lipinski definition) is 1. The lowest BCUT2D eigenvalue weighted by molar-refractivity contribution is -0.139. The van der Waals surface area contributed by atoms with Crippen molar-refractivity contribution in [2.75, 3.05) is 12.3 Å². The number of rotatable bonds is 5. The molecule has 1 amide bonds. The highest BCUT2D eigenvalue weighted by Gasteiger charge is 2.36. The fourth-order valence-corrected chi connectivity index (χ4v) is 3.31. The summed E-state index contributed by atoms with van der Waals surface area (Å²) < 4.78 is 64.3. The molecule has 0 spiro atoms.